The maximum atomic E-state index is 12.0. The molecule has 0 bridgehead atoms. The number of hydrogen-bond acceptors (Lipinski definition) is 4. The van der Waals surface area contributed by atoms with Crippen molar-refractivity contribution in [3.05, 3.63) is 29.8 Å². The van der Waals surface area contributed by atoms with Crippen LogP contribution in [0.15, 0.2) is 29.3 Å². The summed E-state index contributed by atoms with van der Waals surface area (Å²) in [6.07, 6.45) is 2.90. The van der Waals surface area contributed by atoms with Gasteiger partial charge in [0.15, 0.2) is 5.96 Å². The molecule has 3 rings (SSSR count). The van der Waals surface area contributed by atoms with Crippen molar-refractivity contribution < 1.29 is 9.53 Å². The van der Waals surface area contributed by atoms with Gasteiger partial charge in [0.2, 0.25) is 5.91 Å². The largest absolute Gasteiger partial charge is 0.383 e. The van der Waals surface area contributed by atoms with E-state index in [1.165, 1.54) is 18.4 Å². The van der Waals surface area contributed by atoms with Crippen molar-refractivity contribution >= 4 is 41.5 Å². The molecule has 0 spiro atoms. The van der Waals surface area contributed by atoms with Crippen molar-refractivity contribution in [1.29, 1.82) is 0 Å². The van der Waals surface area contributed by atoms with E-state index >= 15 is 0 Å². The van der Waals surface area contributed by atoms with Crippen molar-refractivity contribution in [2.45, 2.75) is 38.1 Å². The Morgan fingerprint density at radius 1 is 1.34 bits per heavy atom. The van der Waals surface area contributed by atoms with E-state index in [0.717, 1.165) is 44.4 Å². The van der Waals surface area contributed by atoms with E-state index in [1.54, 1.807) is 7.11 Å². The van der Waals surface area contributed by atoms with Crippen LogP contribution in [-0.4, -0.2) is 69.2 Å². The third-order valence-electron chi connectivity index (χ3n) is 5.51. The van der Waals surface area contributed by atoms with E-state index in [9.17, 15) is 4.79 Å². The van der Waals surface area contributed by atoms with Gasteiger partial charge in [-0.2, -0.15) is 0 Å². The van der Waals surface area contributed by atoms with Gasteiger partial charge in [0.1, 0.15) is 0 Å². The zero-order valence-corrected chi connectivity index (χ0v) is 19.8. The summed E-state index contributed by atoms with van der Waals surface area (Å²) in [5.41, 5.74) is 2.11. The Kier molecular flexibility index (Phi) is 10.2. The number of hydrogen-bond donors (Lipinski definition) is 3. The number of carbonyl (C=O) groups excluding carboxylic acids is 1. The predicted molar refractivity (Wildman–Crippen MR) is 128 cm³/mol. The minimum Gasteiger partial charge on any atom is -0.383 e. The number of carbonyl (C=O) groups is 1. The highest BCUT2D eigenvalue weighted by atomic mass is 127. The molecule has 2 unspecified atom stereocenters. The van der Waals surface area contributed by atoms with Gasteiger partial charge in [0.05, 0.1) is 13.2 Å². The molecule has 162 valence electrons. The number of fused-ring (bicyclic) bond motifs is 1. The standard InChI is InChI=1S/C21H33N5O2.HI/c1-3-22-21(24-15-17-7-6-10-26(17)11-12-28-2)23-14-16-13-20(27)25-19-9-5-4-8-18(16)19;/h4-5,8-9,16-17H,3,6-7,10-15H2,1-2H3,(H,25,27)(H2,22,23,24);1H. The maximum Gasteiger partial charge on any atom is 0.225 e. The number of halogens is 1. The van der Waals surface area contributed by atoms with Crippen LogP contribution >= 0.6 is 24.0 Å². The number of likely N-dealkylation sites (tertiary alicyclic amines) is 1. The first-order valence-electron chi connectivity index (χ1n) is 10.3. The number of aliphatic imine (C=N–C) groups is 1. The zero-order chi connectivity index (χ0) is 19.8. The topological polar surface area (TPSA) is 78.0 Å². The molecule has 1 amide bonds. The molecule has 0 saturated carbocycles. The number of guanidine groups is 1. The highest BCUT2D eigenvalue weighted by molar-refractivity contribution is 14.0. The minimum absolute atomic E-state index is 0. The molecule has 2 atom stereocenters. The molecule has 1 aromatic carbocycles. The number of methoxy groups -OCH3 is 1. The zero-order valence-electron chi connectivity index (χ0n) is 17.4. The summed E-state index contributed by atoms with van der Waals surface area (Å²) in [5, 5.41) is 9.74. The summed E-state index contributed by atoms with van der Waals surface area (Å²) in [4.78, 5) is 19.3. The molecule has 0 aliphatic carbocycles. The average molecular weight is 515 g/mol. The summed E-state index contributed by atoms with van der Waals surface area (Å²) in [7, 11) is 1.75. The fraction of sp³-hybridized carbons (Fsp3) is 0.619. The van der Waals surface area contributed by atoms with E-state index < -0.39 is 0 Å². The SMILES string of the molecule is CCNC(=NCC1CCCN1CCOC)NCC1CC(=O)Nc2ccccc21.I. The number of rotatable bonds is 8. The molecule has 1 fully saturated rings. The molecule has 0 radical (unpaired) electrons. The lowest BCUT2D eigenvalue weighted by molar-refractivity contribution is -0.116. The summed E-state index contributed by atoms with van der Waals surface area (Å²) in [6.45, 7) is 7.21. The molecule has 7 nitrogen and oxygen atoms in total. The van der Waals surface area contributed by atoms with Crippen LogP contribution in [-0.2, 0) is 9.53 Å². The predicted octanol–water partition coefficient (Wildman–Crippen LogP) is 2.40. The molecule has 29 heavy (non-hydrogen) atoms. The minimum atomic E-state index is 0. The van der Waals surface area contributed by atoms with Crippen LogP contribution in [0.25, 0.3) is 0 Å². The number of anilines is 1. The first kappa shape index (κ1) is 23.9. The van der Waals surface area contributed by atoms with Crippen molar-refractivity contribution in [2.75, 3.05) is 51.8 Å². The second-order valence-electron chi connectivity index (χ2n) is 7.46. The molecule has 3 N–H and O–H groups in total. The van der Waals surface area contributed by atoms with E-state index in [0.29, 0.717) is 19.0 Å². The second-order valence-corrected chi connectivity index (χ2v) is 7.46. The van der Waals surface area contributed by atoms with E-state index in [1.807, 2.05) is 18.2 Å². The van der Waals surface area contributed by atoms with Gasteiger partial charge in [-0.25, -0.2) is 0 Å². The summed E-state index contributed by atoms with van der Waals surface area (Å²) in [6, 6.07) is 8.52. The first-order valence-corrected chi connectivity index (χ1v) is 10.3. The molecule has 0 aromatic heterocycles. The van der Waals surface area contributed by atoms with Crippen LogP contribution in [0.2, 0.25) is 0 Å². The lowest BCUT2D eigenvalue weighted by atomic mass is 9.90. The fourth-order valence-corrected chi connectivity index (χ4v) is 4.05. The number of nitrogens with one attached hydrogen (secondary N) is 3. The molecule has 1 saturated heterocycles. The number of nitrogens with zero attached hydrogens (tertiary/aromatic N) is 2. The van der Waals surface area contributed by atoms with Gasteiger partial charge in [0.25, 0.3) is 0 Å². The molecular weight excluding hydrogens is 481 g/mol. The Labute approximate surface area is 191 Å². The van der Waals surface area contributed by atoms with Crippen LogP contribution in [0.5, 0.6) is 0 Å². The highest BCUT2D eigenvalue weighted by Crippen LogP contribution is 2.31. The smallest absolute Gasteiger partial charge is 0.225 e. The number of ether oxygens (including phenoxy) is 1. The lowest BCUT2D eigenvalue weighted by Gasteiger charge is -2.26. The quantitative estimate of drug-likeness (QED) is 0.282. The first-order chi connectivity index (χ1) is 13.7. The van der Waals surface area contributed by atoms with Crippen LogP contribution in [0.3, 0.4) is 0 Å². The maximum absolute atomic E-state index is 12.0. The Morgan fingerprint density at radius 2 is 2.17 bits per heavy atom. The van der Waals surface area contributed by atoms with Crippen molar-refractivity contribution in [1.82, 2.24) is 15.5 Å². The van der Waals surface area contributed by atoms with Gasteiger partial charge < -0.3 is 20.7 Å². The lowest BCUT2D eigenvalue weighted by Crippen LogP contribution is -2.42. The Balaban J connectivity index is 0.00000300. The van der Waals surface area contributed by atoms with Gasteiger partial charge in [0, 0.05) is 50.8 Å². The van der Waals surface area contributed by atoms with Gasteiger partial charge in [-0.1, -0.05) is 18.2 Å². The average Bonchev–Trinajstić information content (AvgIpc) is 3.15. The van der Waals surface area contributed by atoms with Crippen molar-refractivity contribution in [3.8, 4) is 0 Å². The van der Waals surface area contributed by atoms with Crippen LogP contribution in [0.1, 0.15) is 37.7 Å². The fourth-order valence-electron chi connectivity index (χ4n) is 4.05. The Morgan fingerprint density at radius 3 is 2.97 bits per heavy atom. The van der Waals surface area contributed by atoms with Crippen LogP contribution in [0.4, 0.5) is 5.69 Å². The Hall–Kier alpha value is -1.39. The van der Waals surface area contributed by atoms with Crippen LogP contribution in [0, 0.1) is 0 Å². The van der Waals surface area contributed by atoms with Gasteiger partial charge >= 0.3 is 0 Å². The number of benzene rings is 1. The van der Waals surface area contributed by atoms with Crippen LogP contribution < -0.4 is 16.0 Å². The molecule has 8 heteroatoms. The Bertz CT molecular complexity index is 685. The molecular formula is C21H34IN5O2. The van der Waals surface area contributed by atoms with Crippen molar-refractivity contribution in [2.24, 2.45) is 4.99 Å². The third kappa shape index (κ3) is 6.82. The van der Waals surface area contributed by atoms with E-state index in [2.05, 4.69) is 33.8 Å². The van der Waals surface area contributed by atoms with E-state index in [4.69, 9.17) is 9.73 Å². The summed E-state index contributed by atoms with van der Waals surface area (Å²) >= 11 is 0. The monoisotopic (exact) mass is 515 g/mol. The molecule has 2 aliphatic rings. The van der Waals surface area contributed by atoms with Crippen molar-refractivity contribution in [3.63, 3.8) is 0 Å². The summed E-state index contributed by atoms with van der Waals surface area (Å²) in [5.74, 6) is 1.05. The van der Waals surface area contributed by atoms with E-state index in [-0.39, 0.29) is 35.8 Å². The van der Waals surface area contributed by atoms with Gasteiger partial charge in [-0.05, 0) is 37.9 Å². The van der Waals surface area contributed by atoms with Gasteiger partial charge in [-0.15, -0.1) is 24.0 Å². The molecule has 2 aliphatic heterocycles. The van der Waals surface area contributed by atoms with Gasteiger partial charge in [-0.3, -0.25) is 14.7 Å². The number of amides is 1. The summed E-state index contributed by atoms with van der Waals surface area (Å²) < 4.78 is 5.22. The normalized spacial score (nSPS) is 21.9. The molecule has 2 heterocycles. The second kappa shape index (κ2) is 12.3. The number of para-hydroxylation sites is 1. The molecule has 1 aromatic rings. The highest BCUT2D eigenvalue weighted by Gasteiger charge is 2.26. The third-order valence-corrected chi connectivity index (χ3v) is 5.51.